The summed E-state index contributed by atoms with van der Waals surface area (Å²) in [5, 5.41) is 0. The second-order valence-electron chi connectivity index (χ2n) is 6.73. The summed E-state index contributed by atoms with van der Waals surface area (Å²) in [6, 6.07) is 6.51. The van der Waals surface area contributed by atoms with Gasteiger partial charge in [-0.05, 0) is 48.3 Å². The molecule has 90 valence electrons. The van der Waals surface area contributed by atoms with E-state index in [-0.39, 0.29) is 10.8 Å². The first-order valence-electron chi connectivity index (χ1n) is 6.61. The Labute approximate surface area is 103 Å². The molecule has 2 aliphatic carbocycles. The summed E-state index contributed by atoms with van der Waals surface area (Å²) in [7, 11) is 0. The average Bonchev–Trinajstić information content (AvgIpc) is 3.04. The van der Waals surface area contributed by atoms with Gasteiger partial charge >= 0.3 is 0 Å². The van der Waals surface area contributed by atoms with Crippen molar-refractivity contribution in [3.8, 4) is 0 Å². The fourth-order valence-electron chi connectivity index (χ4n) is 2.87. The predicted molar refractivity (Wildman–Crippen MR) is 69.5 cm³/mol. The minimum atomic E-state index is 0.0590. The van der Waals surface area contributed by atoms with E-state index in [1.165, 1.54) is 11.1 Å². The highest BCUT2D eigenvalue weighted by atomic mass is 16.1. The van der Waals surface area contributed by atoms with Gasteiger partial charge < -0.3 is 0 Å². The van der Waals surface area contributed by atoms with Gasteiger partial charge in [-0.25, -0.2) is 0 Å². The third-order valence-corrected chi connectivity index (χ3v) is 4.43. The van der Waals surface area contributed by atoms with Gasteiger partial charge in [-0.3, -0.25) is 4.79 Å². The first-order chi connectivity index (χ1) is 7.92. The van der Waals surface area contributed by atoms with Crippen LogP contribution >= 0.6 is 0 Å². The molecular formula is C16H20O. The molecule has 1 spiro atoms. The molecule has 0 saturated heterocycles. The van der Waals surface area contributed by atoms with Gasteiger partial charge in [0, 0.05) is 11.0 Å². The molecule has 1 heteroatoms. The van der Waals surface area contributed by atoms with Crippen LogP contribution in [0.2, 0.25) is 0 Å². The highest BCUT2D eigenvalue weighted by Gasteiger charge is 2.51. The molecule has 0 radical (unpaired) electrons. The molecule has 1 nitrogen and oxygen atoms in total. The quantitative estimate of drug-likeness (QED) is 0.658. The minimum absolute atomic E-state index is 0.0590. The first kappa shape index (κ1) is 11.0. The molecule has 0 aliphatic heterocycles. The van der Waals surface area contributed by atoms with Gasteiger partial charge in [-0.1, -0.05) is 32.9 Å². The van der Waals surface area contributed by atoms with Crippen molar-refractivity contribution >= 4 is 5.78 Å². The molecule has 0 aromatic heterocycles. The molecule has 0 atom stereocenters. The first-order valence-corrected chi connectivity index (χ1v) is 6.61. The van der Waals surface area contributed by atoms with Crippen molar-refractivity contribution in [3.05, 3.63) is 34.9 Å². The summed E-state index contributed by atoms with van der Waals surface area (Å²) in [4.78, 5) is 12.5. The van der Waals surface area contributed by atoms with E-state index in [2.05, 4.69) is 39.0 Å². The zero-order valence-corrected chi connectivity index (χ0v) is 11.0. The summed E-state index contributed by atoms with van der Waals surface area (Å²) in [6.07, 6.45) is 4.40. The summed E-state index contributed by atoms with van der Waals surface area (Å²) >= 11 is 0. The van der Waals surface area contributed by atoms with Crippen LogP contribution in [0.4, 0.5) is 0 Å². The number of rotatable bonds is 0. The number of carbonyl (C=O) groups is 1. The van der Waals surface area contributed by atoms with E-state index < -0.39 is 0 Å². The smallest absolute Gasteiger partial charge is 0.169 e. The van der Waals surface area contributed by atoms with Crippen molar-refractivity contribution in [1.82, 2.24) is 0 Å². The largest absolute Gasteiger partial charge is 0.294 e. The van der Waals surface area contributed by atoms with Crippen LogP contribution in [0.25, 0.3) is 0 Å². The number of ketones is 1. The highest BCUT2D eigenvalue weighted by molar-refractivity contribution is 6.04. The van der Waals surface area contributed by atoms with Crippen molar-refractivity contribution < 1.29 is 4.79 Å². The number of fused-ring (bicyclic) bond motifs is 1. The lowest BCUT2D eigenvalue weighted by Gasteiger charge is -2.26. The summed E-state index contributed by atoms with van der Waals surface area (Å²) in [5.74, 6) is 0.421. The Bertz CT molecular complexity index is 487. The monoisotopic (exact) mass is 228 g/mol. The summed E-state index contributed by atoms with van der Waals surface area (Å²) in [5.41, 5.74) is 3.75. The SMILES string of the molecule is CC(C)(C)c1ccc2c(c1)C(=O)C1(CC2)CC1. The maximum absolute atomic E-state index is 12.5. The van der Waals surface area contributed by atoms with Gasteiger partial charge in [-0.15, -0.1) is 0 Å². The van der Waals surface area contributed by atoms with Crippen molar-refractivity contribution in [3.63, 3.8) is 0 Å². The standard InChI is InChI=1S/C16H20O/c1-15(2,3)12-5-4-11-6-7-16(8-9-16)14(17)13(11)10-12/h4-5,10H,6-9H2,1-3H3. The second kappa shape index (κ2) is 3.22. The second-order valence-corrected chi connectivity index (χ2v) is 6.73. The number of hydrogen-bond donors (Lipinski definition) is 0. The van der Waals surface area contributed by atoms with E-state index in [1.807, 2.05) is 0 Å². The molecular weight excluding hydrogens is 208 g/mol. The summed E-state index contributed by atoms with van der Waals surface area (Å²) in [6.45, 7) is 6.61. The molecule has 3 rings (SSSR count). The molecule has 0 N–H and O–H groups in total. The Morgan fingerprint density at radius 3 is 2.41 bits per heavy atom. The minimum Gasteiger partial charge on any atom is -0.294 e. The number of benzene rings is 1. The Hall–Kier alpha value is -1.11. The molecule has 1 saturated carbocycles. The van der Waals surface area contributed by atoms with Crippen LogP contribution in [-0.4, -0.2) is 5.78 Å². The fourth-order valence-corrected chi connectivity index (χ4v) is 2.87. The Morgan fingerprint density at radius 2 is 1.82 bits per heavy atom. The molecule has 0 amide bonds. The normalized spacial score (nSPS) is 21.5. The third-order valence-electron chi connectivity index (χ3n) is 4.43. The van der Waals surface area contributed by atoms with E-state index in [1.54, 1.807) is 0 Å². The third kappa shape index (κ3) is 1.64. The van der Waals surface area contributed by atoms with Gasteiger partial charge in [0.2, 0.25) is 0 Å². The van der Waals surface area contributed by atoms with E-state index in [4.69, 9.17) is 0 Å². The van der Waals surface area contributed by atoms with Gasteiger partial charge in [0.05, 0.1) is 0 Å². The number of hydrogen-bond acceptors (Lipinski definition) is 1. The fraction of sp³-hybridized carbons (Fsp3) is 0.562. The highest BCUT2D eigenvalue weighted by Crippen LogP contribution is 2.54. The number of Topliss-reactive ketones (excluding diaryl/α,β-unsaturated/α-hetero) is 1. The van der Waals surface area contributed by atoms with Crippen molar-refractivity contribution in [2.24, 2.45) is 5.41 Å². The van der Waals surface area contributed by atoms with E-state index in [0.717, 1.165) is 31.2 Å². The van der Waals surface area contributed by atoms with Gasteiger partial charge in [0.25, 0.3) is 0 Å². The van der Waals surface area contributed by atoms with Gasteiger partial charge in [0.15, 0.2) is 5.78 Å². The molecule has 2 aliphatic rings. The zero-order chi connectivity index (χ0) is 12.3. The number of carbonyl (C=O) groups excluding carboxylic acids is 1. The summed E-state index contributed by atoms with van der Waals surface area (Å²) < 4.78 is 0. The van der Waals surface area contributed by atoms with Gasteiger partial charge in [0.1, 0.15) is 0 Å². The average molecular weight is 228 g/mol. The van der Waals surface area contributed by atoms with Crippen LogP contribution in [0.5, 0.6) is 0 Å². The van der Waals surface area contributed by atoms with Crippen LogP contribution < -0.4 is 0 Å². The van der Waals surface area contributed by atoms with Crippen LogP contribution in [0, 0.1) is 5.41 Å². The van der Waals surface area contributed by atoms with E-state index in [9.17, 15) is 4.79 Å². The molecule has 17 heavy (non-hydrogen) atoms. The lowest BCUT2D eigenvalue weighted by molar-refractivity contribution is 0.0880. The van der Waals surface area contributed by atoms with Crippen LogP contribution in [0.1, 0.15) is 61.5 Å². The Morgan fingerprint density at radius 1 is 1.12 bits per heavy atom. The predicted octanol–water partition coefficient (Wildman–Crippen LogP) is 3.89. The molecule has 0 unspecified atom stereocenters. The Balaban J connectivity index is 2.08. The lowest BCUT2D eigenvalue weighted by Crippen LogP contribution is -2.25. The lowest BCUT2D eigenvalue weighted by atomic mass is 9.77. The van der Waals surface area contributed by atoms with Crippen LogP contribution in [-0.2, 0) is 11.8 Å². The topological polar surface area (TPSA) is 17.1 Å². The molecule has 1 fully saturated rings. The van der Waals surface area contributed by atoms with E-state index in [0.29, 0.717) is 5.78 Å². The van der Waals surface area contributed by atoms with Crippen molar-refractivity contribution in [2.45, 2.75) is 51.9 Å². The van der Waals surface area contributed by atoms with Crippen molar-refractivity contribution in [1.29, 1.82) is 0 Å². The number of aryl methyl sites for hydroxylation is 1. The molecule has 0 bridgehead atoms. The van der Waals surface area contributed by atoms with Crippen molar-refractivity contribution in [2.75, 3.05) is 0 Å². The zero-order valence-electron chi connectivity index (χ0n) is 11.0. The molecule has 0 heterocycles. The maximum atomic E-state index is 12.5. The van der Waals surface area contributed by atoms with Gasteiger partial charge in [-0.2, -0.15) is 0 Å². The maximum Gasteiger partial charge on any atom is 0.169 e. The van der Waals surface area contributed by atoms with Crippen LogP contribution in [0.3, 0.4) is 0 Å². The van der Waals surface area contributed by atoms with E-state index >= 15 is 0 Å². The molecule has 1 aromatic rings. The Kier molecular flexibility index (Phi) is 2.08. The van der Waals surface area contributed by atoms with Crippen LogP contribution in [0.15, 0.2) is 18.2 Å². The molecule has 1 aromatic carbocycles.